The van der Waals surface area contributed by atoms with Crippen LogP contribution < -0.4 is 9.47 Å². The van der Waals surface area contributed by atoms with E-state index in [9.17, 15) is 0 Å². The molecule has 0 aliphatic heterocycles. The summed E-state index contributed by atoms with van der Waals surface area (Å²) in [6, 6.07) is 9.21. The molecular formula is C19H18N4O2. The third-order valence-corrected chi connectivity index (χ3v) is 4.11. The van der Waals surface area contributed by atoms with Gasteiger partial charge in [-0.2, -0.15) is 4.98 Å². The van der Waals surface area contributed by atoms with E-state index >= 15 is 0 Å². The van der Waals surface area contributed by atoms with Gasteiger partial charge >= 0.3 is 0 Å². The molecule has 1 aliphatic carbocycles. The molecule has 2 aromatic heterocycles. The molecule has 1 aliphatic rings. The maximum atomic E-state index is 5.93. The molecular weight excluding hydrogens is 316 g/mol. The highest BCUT2D eigenvalue weighted by atomic mass is 16.5. The minimum absolute atomic E-state index is 0.435. The first-order valence-electron chi connectivity index (χ1n) is 8.34. The summed E-state index contributed by atoms with van der Waals surface area (Å²) in [6.07, 6.45) is 8.31. The monoisotopic (exact) mass is 334 g/mol. The largest absolute Gasteiger partial charge is 0.439 e. The first kappa shape index (κ1) is 15.5. The van der Waals surface area contributed by atoms with Gasteiger partial charge in [-0.1, -0.05) is 12.5 Å². The molecule has 126 valence electrons. The Kier molecular flexibility index (Phi) is 4.24. The second-order valence-corrected chi connectivity index (χ2v) is 6.06. The van der Waals surface area contributed by atoms with Gasteiger partial charge in [0, 0.05) is 36.1 Å². The molecule has 1 saturated carbocycles. The molecule has 1 aromatic carbocycles. The van der Waals surface area contributed by atoms with Gasteiger partial charge in [0.25, 0.3) is 0 Å². The van der Waals surface area contributed by atoms with Crippen molar-refractivity contribution in [1.29, 1.82) is 0 Å². The molecule has 0 spiro atoms. The lowest BCUT2D eigenvalue weighted by Gasteiger charge is -2.24. The summed E-state index contributed by atoms with van der Waals surface area (Å²) in [5.74, 6) is 3.62. The Morgan fingerprint density at radius 1 is 0.960 bits per heavy atom. The lowest BCUT2D eigenvalue weighted by molar-refractivity contribution is 0.388. The Morgan fingerprint density at radius 3 is 2.44 bits per heavy atom. The summed E-state index contributed by atoms with van der Waals surface area (Å²) in [6.45, 7) is 1.96. The second kappa shape index (κ2) is 6.84. The molecule has 1 fully saturated rings. The molecule has 6 nitrogen and oxygen atoms in total. The molecule has 0 atom stereocenters. The van der Waals surface area contributed by atoms with Crippen LogP contribution in [0.3, 0.4) is 0 Å². The van der Waals surface area contributed by atoms with E-state index in [-0.39, 0.29) is 0 Å². The van der Waals surface area contributed by atoms with Crippen LogP contribution in [0.4, 0.5) is 0 Å². The Labute approximate surface area is 145 Å². The molecule has 25 heavy (non-hydrogen) atoms. The summed E-state index contributed by atoms with van der Waals surface area (Å²) in [5.41, 5.74) is 0.916. The molecule has 0 amide bonds. The maximum absolute atomic E-state index is 5.93. The van der Waals surface area contributed by atoms with Gasteiger partial charge in [0.1, 0.15) is 17.3 Å². The zero-order chi connectivity index (χ0) is 17.1. The van der Waals surface area contributed by atoms with Crippen molar-refractivity contribution in [2.75, 3.05) is 0 Å². The fraction of sp³-hybridized carbons (Fsp3) is 0.263. The number of aromatic nitrogens is 4. The Hall–Kier alpha value is -3.02. The smallest absolute Gasteiger partial charge is 0.237 e. The number of benzene rings is 1. The van der Waals surface area contributed by atoms with Gasteiger partial charge < -0.3 is 9.47 Å². The third kappa shape index (κ3) is 3.74. The fourth-order valence-electron chi connectivity index (χ4n) is 2.64. The van der Waals surface area contributed by atoms with Crippen molar-refractivity contribution < 1.29 is 9.47 Å². The summed E-state index contributed by atoms with van der Waals surface area (Å²) >= 11 is 0. The average Bonchev–Trinajstić information content (AvgIpc) is 2.54. The number of rotatable bonds is 5. The Bertz CT molecular complexity index is 866. The van der Waals surface area contributed by atoms with Crippen LogP contribution in [-0.4, -0.2) is 19.9 Å². The zero-order valence-electron chi connectivity index (χ0n) is 13.9. The van der Waals surface area contributed by atoms with Gasteiger partial charge in [-0.3, -0.25) is 4.98 Å². The summed E-state index contributed by atoms with van der Waals surface area (Å²) in [7, 11) is 0. The minimum Gasteiger partial charge on any atom is -0.439 e. The summed E-state index contributed by atoms with van der Waals surface area (Å²) in [5, 5.41) is 0. The van der Waals surface area contributed by atoms with Gasteiger partial charge in [0.2, 0.25) is 11.8 Å². The molecule has 3 aromatic rings. The van der Waals surface area contributed by atoms with Crippen molar-refractivity contribution in [3.63, 3.8) is 0 Å². The quantitative estimate of drug-likeness (QED) is 0.687. The third-order valence-electron chi connectivity index (χ3n) is 4.11. The van der Waals surface area contributed by atoms with Crippen molar-refractivity contribution in [1.82, 2.24) is 19.9 Å². The van der Waals surface area contributed by atoms with Crippen LogP contribution >= 0.6 is 0 Å². The molecule has 0 unspecified atom stereocenters. The molecule has 2 heterocycles. The number of nitrogens with zero attached hydrogens (tertiary/aromatic N) is 4. The SMILES string of the molecule is Cc1cc(Oc2cccc(Oc3cnccn3)c2)nc(C2CCC2)n1. The number of hydrogen-bond acceptors (Lipinski definition) is 6. The molecule has 0 N–H and O–H groups in total. The van der Waals surface area contributed by atoms with Gasteiger partial charge in [-0.15, -0.1) is 0 Å². The predicted octanol–water partition coefficient (Wildman–Crippen LogP) is 4.43. The minimum atomic E-state index is 0.435. The topological polar surface area (TPSA) is 70.0 Å². The predicted molar refractivity (Wildman–Crippen MR) is 92.0 cm³/mol. The van der Waals surface area contributed by atoms with Crippen LogP contribution in [0.25, 0.3) is 0 Å². The molecule has 0 saturated heterocycles. The van der Waals surface area contributed by atoms with E-state index < -0.39 is 0 Å². The van der Waals surface area contributed by atoms with Gasteiger partial charge in [-0.05, 0) is 31.9 Å². The van der Waals surface area contributed by atoms with Crippen molar-refractivity contribution in [3.8, 4) is 23.3 Å². The van der Waals surface area contributed by atoms with E-state index in [1.54, 1.807) is 24.7 Å². The summed E-state index contributed by atoms with van der Waals surface area (Å²) in [4.78, 5) is 17.2. The van der Waals surface area contributed by atoms with Crippen LogP contribution in [-0.2, 0) is 0 Å². The Morgan fingerprint density at radius 2 is 1.76 bits per heavy atom. The lowest BCUT2D eigenvalue weighted by atomic mass is 9.85. The van der Waals surface area contributed by atoms with E-state index in [0.29, 0.717) is 29.2 Å². The van der Waals surface area contributed by atoms with E-state index in [4.69, 9.17) is 9.47 Å². The van der Waals surface area contributed by atoms with Crippen molar-refractivity contribution in [2.24, 2.45) is 0 Å². The van der Waals surface area contributed by atoms with Gasteiger partial charge in [0.15, 0.2) is 0 Å². The number of aryl methyl sites for hydroxylation is 1. The van der Waals surface area contributed by atoms with Crippen molar-refractivity contribution >= 4 is 0 Å². The zero-order valence-corrected chi connectivity index (χ0v) is 13.9. The second-order valence-electron chi connectivity index (χ2n) is 6.06. The maximum Gasteiger partial charge on any atom is 0.237 e. The van der Waals surface area contributed by atoms with Crippen LogP contribution in [0.5, 0.6) is 23.3 Å². The van der Waals surface area contributed by atoms with E-state index in [2.05, 4.69) is 19.9 Å². The van der Waals surface area contributed by atoms with Gasteiger partial charge in [0.05, 0.1) is 6.20 Å². The van der Waals surface area contributed by atoms with Crippen LogP contribution in [0.15, 0.2) is 48.9 Å². The standard InChI is InChI=1S/C19H18N4O2/c1-13-10-17(23-19(22-13)14-4-2-5-14)24-15-6-3-7-16(11-15)25-18-12-20-8-9-21-18/h3,6-12,14H,2,4-5H2,1H3. The first-order valence-corrected chi connectivity index (χ1v) is 8.34. The molecule has 6 heteroatoms. The van der Waals surface area contributed by atoms with Crippen LogP contribution in [0.1, 0.15) is 36.7 Å². The van der Waals surface area contributed by atoms with Crippen LogP contribution in [0, 0.1) is 6.92 Å². The van der Waals surface area contributed by atoms with E-state index in [1.807, 2.05) is 31.2 Å². The highest BCUT2D eigenvalue weighted by Gasteiger charge is 2.23. The van der Waals surface area contributed by atoms with E-state index in [1.165, 1.54) is 6.42 Å². The van der Waals surface area contributed by atoms with Crippen molar-refractivity contribution in [3.05, 3.63) is 60.4 Å². The number of hydrogen-bond donors (Lipinski definition) is 0. The van der Waals surface area contributed by atoms with Crippen LogP contribution in [0.2, 0.25) is 0 Å². The normalized spacial score (nSPS) is 14.0. The first-order chi connectivity index (χ1) is 12.3. The number of ether oxygens (including phenoxy) is 2. The fourth-order valence-corrected chi connectivity index (χ4v) is 2.64. The highest BCUT2D eigenvalue weighted by Crippen LogP contribution is 2.35. The summed E-state index contributed by atoms with van der Waals surface area (Å²) < 4.78 is 11.6. The highest BCUT2D eigenvalue weighted by molar-refractivity contribution is 5.37. The Balaban J connectivity index is 1.53. The van der Waals surface area contributed by atoms with Crippen molar-refractivity contribution in [2.45, 2.75) is 32.1 Å². The molecule has 0 bridgehead atoms. The molecule has 4 rings (SSSR count). The van der Waals surface area contributed by atoms with Gasteiger partial charge in [-0.25, -0.2) is 9.97 Å². The molecule has 0 radical (unpaired) electrons. The average molecular weight is 334 g/mol. The van der Waals surface area contributed by atoms with E-state index in [0.717, 1.165) is 24.4 Å². The lowest BCUT2D eigenvalue weighted by Crippen LogP contribution is -2.13.